The van der Waals surface area contributed by atoms with Crippen molar-refractivity contribution in [2.45, 2.75) is 17.9 Å². The van der Waals surface area contributed by atoms with Gasteiger partial charge in [-0.1, -0.05) is 0 Å². The van der Waals surface area contributed by atoms with Gasteiger partial charge in [-0.15, -0.1) is 11.3 Å². The van der Waals surface area contributed by atoms with Crippen molar-refractivity contribution in [1.29, 1.82) is 4.78 Å². The molecule has 0 bridgehead atoms. The average Bonchev–Trinajstić information content (AvgIpc) is 3.34. The van der Waals surface area contributed by atoms with Crippen molar-refractivity contribution in [1.82, 2.24) is 19.9 Å². The summed E-state index contributed by atoms with van der Waals surface area (Å²) in [5.74, 6) is 1.35. The first kappa shape index (κ1) is 18.5. The quantitative estimate of drug-likeness (QED) is 0.517. The highest BCUT2D eigenvalue weighted by Gasteiger charge is 2.26. The number of fused-ring (bicyclic) bond motifs is 2. The first-order chi connectivity index (χ1) is 13.9. The number of thiophene rings is 1. The van der Waals surface area contributed by atoms with E-state index in [4.69, 9.17) is 19.5 Å². The molecular formula is C19H20N6O2S2. The molecule has 5 heterocycles. The maximum Gasteiger partial charge on any atom is 0.163 e. The van der Waals surface area contributed by atoms with E-state index in [-0.39, 0.29) is 6.04 Å². The molecule has 2 N–H and O–H groups in total. The van der Waals surface area contributed by atoms with Gasteiger partial charge < -0.3 is 14.6 Å². The highest BCUT2D eigenvalue weighted by atomic mass is 32.2. The van der Waals surface area contributed by atoms with Gasteiger partial charge in [-0.05, 0) is 19.1 Å². The Hall–Kier alpha value is -2.56. The van der Waals surface area contributed by atoms with Crippen molar-refractivity contribution in [3.05, 3.63) is 29.9 Å². The average molecular weight is 429 g/mol. The van der Waals surface area contributed by atoms with E-state index in [2.05, 4.69) is 21.8 Å². The predicted molar refractivity (Wildman–Crippen MR) is 115 cm³/mol. The largest absolute Gasteiger partial charge is 0.377 e. The molecule has 29 heavy (non-hydrogen) atoms. The van der Waals surface area contributed by atoms with Crippen LogP contribution in [0.2, 0.25) is 0 Å². The number of anilines is 1. The maximum absolute atomic E-state index is 12.6. The lowest BCUT2D eigenvalue weighted by Crippen LogP contribution is -2.44. The third kappa shape index (κ3) is 3.07. The third-order valence-corrected chi connectivity index (χ3v) is 7.39. The highest BCUT2D eigenvalue weighted by Crippen LogP contribution is 2.38. The van der Waals surface area contributed by atoms with Gasteiger partial charge in [-0.3, -0.25) is 0 Å². The molecule has 5 rings (SSSR count). The second-order valence-electron chi connectivity index (χ2n) is 7.21. The van der Waals surface area contributed by atoms with Crippen LogP contribution >= 0.6 is 11.3 Å². The van der Waals surface area contributed by atoms with Crippen LogP contribution in [0.1, 0.15) is 6.92 Å². The number of morpholine rings is 1. The molecule has 2 atom stereocenters. The number of nitrogens with one attached hydrogen (secondary N) is 2. The van der Waals surface area contributed by atoms with Crippen LogP contribution in [0.4, 0.5) is 5.82 Å². The summed E-state index contributed by atoms with van der Waals surface area (Å²) in [6.07, 6.45) is 4.99. The molecular weight excluding hydrogens is 408 g/mol. The SMILES string of the molecule is C[C@@H]1COCCN1c1nc(-c2ccnc3[nH]ccc23)nc2c(S(C)(=N)=O)csc12. The van der Waals surface area contributed by atoms with Crippen LogP contribution in [-0.2, 0) is 14.5 Å². The molecule has 0 radical (unpaired) electrons. The third-order valence-electron chi connectivity index (χ3n) is 5.13. The summed E-state index contributed by atoms with van der Waals surface area (Å²) in [6, 6.07) is 4.00. The maximum atomic E-state index is 12.6. The van der Waals surface area contributed by atoms with E-state index in [0.717, 1.165) is 33.7 Å². The van der Waals surface area contributed by atoms with Gasteiger partial charge in [0.2, 0.25) is 0 Å². The van der Waals surface area contributed by atoms with Crippen LogP contribution < -0.4 is 4.90 Å². The van der Waals surface area contributed by atoms with E-state index >= 15 is 0 Å². The zero-order valence-electron chi connectivity index (χ0n) is 16.0. The van der Waals surface area contributed by atoms with Gasteiger partial charge >= 0.3 is 0 Å². The predicted octanol–water partition coefficient (Wildman–Crippen LogP) is 3.50. The number of rotatable bonds is 3. The molecule has 150 valence electrons. The smallest absolute Gasteiger partial charge is 0.163 e. The molecule has 1 saturated heterocycles. The summed E-state index contributed by atoms with van der Waals surface area (Å²) in [5, 5.41) is 2.71. The number of hydrogen-bond acceptors (Lipinski definition) is 8. The van der Waals surface area contributed by atoms with Crippen LogP contribution in [0.15, 0.2) is 34.8 Å². The number of nitrogens with zero attached hydrogens (tertiary/aromatic N) is 4. The molecule has 4 aromatic rings. The molecule has 0 saturated carbocycles. The van der Waals surface area contributed by atoms with Gasteiger partial charge in [0, 0.05) is 41.5 Å². The zero-order valence-corrected chi connectivity index (χ0v) is 17.6. The molecule has 8 nitrogen and oxygen atoms in total. The topological polar surface area (TPSA) is 108 Å². The van der Waals surface area contributed by atoms with Crippen molar-refractivity contribution < 1.29 is 8.95 Å². The summed E-state index contributed by atoms with van der Waals surface area (Å²) >= 11 is 1.45. The lowest BCUT2D eigenvalue weighted by molar-refractivity contribution is 0.0987. The van der Waals surface area contributed by atoms with Gasteiger partial charge in [0.1, 0.15) is 11.2 Å². The normalized spacial score (nSPS) is 19.7. The fraction of sp³-hybridized carbons (Fsp3) is 0.316. The molecule has 0 aliphatic carbocycles. The molecule has 1 aliphatic rings. The monoisotopic (exact) mass is 428 g/mol. The summed E-state index contributed by atoms with van der Waals surface area (Å²) in [4.78, 5) is 19.9. The Labute approximate surface area is 171 Å². The number of pyridine rings is 1. The minimum atomic E-state index is -2.92. The van der Waals surface area contributed by atoms with E-state index in [1.54, 1.807) is 11.6 Å². The Morgan fingerprint density at radius 1 is 1.38 bits per heavy atom. The fourth-order valence-corrected chi connectivity index (χ4v) is 6.00. The highest BCUT2D eigenvalue weighted by molar-refractivity contribution is 7.92. The minimum Gasteiger partial charge on any atom is -0.377 e. The van der Waals surface area contributed by atoms with Crippen LogP contribution in [0, 0.1) is 4.78 Å². The van der Waals surface area contributed by atoms with E-state index < -0.39 is 9.73 Å². The molecule has 4 aromatic heterocycles. The lowest BCUT2D eigenvalue weighted by atomic mass is 10.1. The Balaban J connectivity index is 1.82. The van der Waals surface area contributed by atoms with Crippen LogP contribution in [0.25, 0.3) is 32.6 Å². The standard InChI is InChI=1S/C19H20N6O2S2/c1-11-9-27-8-7-25(11)19-16-15(14(10-28-16)29(2,20)26)23-18(24-19)13-4-6-22-17-12(13)3-5-21-17/h3-6,10-11,20H,7-9H2,1-2H3,(H,21,22)/t11-,29?/m1/s1. The molecule has 0 amide bonds. The minimum absolute atomic E-state index is 0.159. The molecule has 0 spiro atoms. The van der Waals surface area contributed by atoms with Crippen LogP contribution in [-0.4, -0.2) is 56.2 Å². The van der Waals surface area contributed by atoms with Crippen molar-refractivity contribution in [2.75, 3.05) is 30.9 Å². The molecule has 10 heteroatoms. The molecule has 1 aliphatic heterocycles. The Bertz CT molecular complexity index is 1330. The number of aromatic amines is 1. The van der Waals surface area contributed by atoms with Gasteiger partial charge in [0.25, 0.3) is 0 Å². The van der Waals surface area contributed by atoms with Crippen molar-refractivity contribution in [3.8, 4) is 11.4 Å². The molecule has 1 unspecified atom stereocenters. The summed E-state index contributed by atoms with van der Waals surface area (Å²) < 4.78 is 27.2. The summed E-state index contributed by atoms with van der Waals surface area (Å²) in [7, 11) is -2.92. The van der Waals surface area contributed by atoms with Crippen molar-refractivity contribution in [2.24, 2.45) is 0 Å². The van der Waals surface area contributed by atoms with Gasteiger partial charge in [0.15, 0.2) is 11.6 Å². The summed E-state index contributed by atoms with van der Waals surface area (Å²) in [5.41, 5.74) is 2.21. The van der Waals surface area contributed by atoms with Crippen LogP contribution in [0.5, 0.6) is 0 Å². The second kappa shape index (κ2) is 6.75. The number of H-pyrrole nitrogens is 1. The number of ether oxygens (including phenoxy) is 1. The van der Waals surface area contributed by atoms with Gasteiger partial charge in [-0.25, -0.2) is 23.9 Å². The lowest BCUT2D eigenvalue weighted by Gasteiger charge is -2.34. The first-order valence-corrected chi connectivity index (χ1v) is 12.1. The number of aromatic nitrogens is 4. The molecule has 0 aromatic carbocycles. The number of hydrogen-bond donors (Lipinski definition) is 2. The van der Waals surface area contributed by atoms with Crippen molar-refractivity contribution in [3.63, 3.8) is 0 Å². The summed E-state index contributed by atoms with van der Waals surface area (Å²) in [6.45, 7) is 4.08. The second-order valence-corrected chi connectivity index (χ2v) is 10.2. The van der Waals surface area contributed by atoms with Gasteiger partial charge in [0.05, 0.1) is 38.6 Å². The van der Waals surface area contributed by atoms with Crippen molar-refractivity contribution >= 4 is 48.1 Å². The van der Waals surface area contributed by atoms with E-state index in [0.29, 0.717) is 29.5 Å². The van der Waals surface area contributed by atoms with E-state index in [9.17, 15) is 4.21 Å². The van der Waals surface area contributed by atoms with Gasteiger partial charge in [-0.2, -0.15) is 0 Å². The Kier molecular flexibility index (Phi) is 4.30. The first-order valence-electron chi connectivity index (χ1n) is 9.23. The van der Waals surface area contributed by atoms with E-state index in [1.807, 2.05) is 18.3 Å². The van der Waals surface area contributed by atoms with E-state index in [1.165, 1.54) is 17.6 Å². The Morgan fingerprint density at radius 3 is 3.03 bits per heavy atom. The van der Waals surface area contributed by atoms with Crippen LogP contribution in [0.3, 0.4) is 0 Å². The molecule has 1 fully saturated rings. The zero-order chi connectivity index (χ0) is 20.2. The fourth-order valence-electron chi connectivity index (χ4n) is 3.67. The Morgan fingerprint density at radius 2 is 2.24 bits per heavy atom.